The first kappa shape index (κ1) is 13.8. The van der Waals surface area contributed by atoms with Crippen molar-refractivity contribution < 1.29 is 9.53 Å². The highest BCUT2D eigenvalue weighted by Gasteiger charge is 2.14. The zero-order valence-electron chi connectivity index (χ0n) is 12.0. The van der Waals surface area contributed by atoms with Gasteiger partial charge in [-0.25, -0.2) is 4.79 Å². The number of rotatable bonds is 3. The zero-order valence-corrected chi connectivity index (χ0v) is 12.0. The molecule has 3 rings (SSSR count). The van der Waals surface area contributed by atoms with Gasteiger partial charge in [0.05, 0.1) is 42.6 Å². The van der Waals surface area contributed by atoms with Crippen molar-refractivity contribution in [2.24, 2.45) is 0 Å². The van der Waals surface area contributed by atoms with Gasteiger partial charge in [0.1, 0.15) is 0 Å². The van der Waals surface area contributed by atoms with E-state index >= 15 is 0 Å². The summed E-state index contributed by atoms with van der Waals surface area (Å²) in [5, 5.41) is 14.3. The van der Waals surface area contributed by atoms with Crippen LogP contribution in [0.3, 0.4) is 0 Å². The molecule has 1 aromatic heterocycles. The van der Waals surface area contributed by atoms with E-state index in [1.165, 1.54) is 7.11 Å². The van der Waals surface area contributed by atoms with Crippen LogP contribution in [-0.4, -0.2) is 22.9 Å². The maximum Gasteiger partial charge on any atom is 0.338 e. The summed E-state index contributed by atoms with van der Waals surface area (Å²) < 4.78 is 6.57. The SMILES string of the molecule is COC(=O)c1cccc2c1cnn2Cc1ccccc1C#N. The van der Waals surface area contributed by atoms with Crippen molar-refractivity contribution in [2.45, 2.75) is 6.54 Å². The molecule has 108 valence electrons. The summed E-state index contributed by atoms with van der Waals surface area (Å²) in [5.74, 6) is -0.387. The lowest BCUT2D eigenvalue weighted by molar-refractivity contribution is 0.0603. The predicted molar refractivity (Wildman–Crippen MR) is 81.3 cm³/mol. The van der Waals surface area contributed by atoms with E-state index in [4.69, 9.17) is 10.00 Å². The van der Waals surface area contributed by atoms with Crippen LogP contribution in [0.2, 0.25) is 0 Å². The highest BCUT2D eigenvalue weighted by molar-refractivity contribution is 6.03. The monoisotopic (exact) mass is 291 g/mol. The lowest BCUT2D eigenvalue weighted by Crippen LogP contribution is -2.04. The van der Waals surface area contributed by atoms with Crippen molar-refractivity contribution >= 4 is 16.9 Å². The number of hydrogen-bond acceptors (Lipinski definition) is 4. The van der Waals surface area contributed by atoms with E-state index in [2.05, 4.69) is 11.2 Å². The fourth-order valence-electron chi connectivity index (χ4n) is 2.45. The first-order valence-electron chi connectivity index (χ1n) is 6.75. The van der Waals surface area contributed by atoms with Gasteiger partial charge in [0, 0.05) is 5.39 Å². The Bertz CT molecular complexity index is 890. The van der Waals surface area contributed by atoms with Gasteiger partial charge in [0.25, 0.3) is 0 Å². The standard InChI is InChI=1S/C17H13N3O2/c1-22-17(21)14-7-4-8-16-15(14)10-19-20(16)11-13-6-3-2-5-12(13)9-18/h2-8,10H,11H2,1H3. The molecule has 2 aromatic carbocycles. The van der Waals surface area contributed by atoms with Gasteiger partial charge in [-0.2, -0.15) is 10.4 Å². The first-order valence-corrected chi connectivity index (χ1v) is 6.75. The van der Waals surface area contributed by atoms with E-state index in [1.54, 1.807) is 29.1 Å². The number of carbonyl (C=O) groups is 1. The predicted octanol–water partition coefficient (Wildman–Crippen LogP) is 2.74. The Balaban J connectivity index is 2.06. The quantitative estimate of drug-likeness (QED) is 0.696. The summed E-state index contributed by atoms with van der Waals surface area (Å²) in [6.07, 6.45) is 1.65. The van der Waals surface area contributed by atoms with Gasteiger partial charge in [0.2, 0.25) is 0 Å². The normalized spacial score (nSPS) is 10.4. The summed E-state index contributed by atoms with van der Waals surface area (Å²) in [5.41, 5.74) is 2.82. The van der Waals surface area contributed by atoms with Crippen molar-refractivity contribution in [3.63, 3.8) is 0 Å². The van der Waals surface area contributed by atoms with Crippen LogP contribution in [0.4, 0.5) is 0 Å². The summed E-state index contributed by atoms with van der Waals surface area (Å²) in [6, 6.07) is 15.0. The van der Waals surface area contributed by atoms with Gasteiger partial charge < -0.3 is 4.74 Å². The molecule has 22 heavy (non-hydrogen) atoms. The minimum absolute atomic E-state index is 0.387. The summed E-state index contributed by atoms with van der Waals surface area (Å²) in [6.45, 7) is 0.470. The smallest absolute Gasteiger partial charge is 0.338 e. The van der Waals surface area contributed by atoms with Gasteiger partial charge in [-0.15, -0.1) is 0 Å². The number of methoxy groups -OCH3 is 1. The van der Waals surface area contributed by atoms with Gasteiger partial charge >= 0.3 is 5.97 Å². The van der Waals surface area contributed by atoms with Crippen molar-refractivity contribution in [3.05, 3.63) is 65.4 Å². The maximum absolute atomic E-state index is 11.8. The first-order chi connectivity index (χ1) is 10.7. The van der Waals surface area contributed by atoms with Gasteiger partial charge in [-0.1, -0.05) is 24.3 Å². The molecule has 0 unspecified atom stereocenters. The van der Waals surface area contributed by atoms with E-state index in [0.29, 0.717) is 17.7 Å². The third-order valence-electron chi connectivity index (χ3n) is 3.55. The van der Waals surface area contributed by atoms with Gasteiger partial charge in [-0.3, -0.25) is 4.68 Å². The summed E-state index contributed by atoms with van der Waals surface area (Å²) >= 11 is 0. The average Bonchev–Trinajstić information content (AvgIpc) is 2.97. The Morgan fingerprint density at radius 1 is 1.27 bits per heavy atom. The Kier molecular flexibility index (Phi) is 3.58. The van der Waals surface area contributed by atoms with Crippen LogP contribution in [0, 0.1) is 11.3 Å². The summed E-state index contributed by atoms with van der Waals surface area (Å²) in [4.78, 5) is 11.8. The molecule has 0 aliphatic rings. The molecule has 0 radical (unpaired) electrons. The number of esters is 1. The molecule has 0 aliphatic heterocycles. The molecule has 0 saturated carbocycles. The lowest BCUT2D eigenvalue weighted by atomic mass is 10.1. The number of benzene rings is 2. The Labute approximate surface area is 127 Å². The molecule has 0 bridgehead atoms. The van der Waals surface area contributed by atoms with Crippen LogP contribution < -0.4 is 0 Å². The van der Waals surface area contributed by atoms with Crippen LogP contribution in [0.15, 0.2) is 48.7 Å². The lowest BCUT2D eigenvalue weighted by Gasteiger charge is -2.06. The molecule has 1 heterocycles. The van der Waals surface area contributed by atoms with Crippen LogP contribution in [0.1, 0.15) is 21.5 Å². The van der Waals surface area contributed by atoms with Crippen LogP contribution in [-0.2, 0) is 11.3 Å². The number of nitrogens with zero attached hydrogens (tertiary/aromatic N) is 3. The highest BCUT2D eigenvalue weighted by Crippen LogP contribution is 2.21. The van der Waals surface area contributed by atoms with Gasteiger partial charge in [0.15, 0.2) is 0 Å². The molecule has 0 spiro atoms. The molecular formula is C17H13N3O2. The second-order valence-electron chi connectivity index (χ2n) is 4.80. The molecule has 0 amide bonds. The number of aromatic nitrogens is 2. The van der Waals surface area contributed by atoms with Crippen molar-refractivity contribution in [3.8, 4) is 6.07 Å². The molecular weight excluding hydrogens is 278 g/mol. The van der Waals surface area contributed by atoms with E-state index in [0.717, 1.165) is 16.5 Å². The molecule has 5 nitrogen and oxygen atoms in total. The van der Waals surface area contributed by atoms with E-state index in [9.17, 15) is 4.79 Å². The number of carbonyl (C=O) groups excluding carboxylic acids is 1. The van der Waals surface area contributed by atoms with Crippen molar-refractivity contribution in [1.29, 1.82) is 5.26 Å². The largest absolute Gasteiger partial charge is 0.465 e. The Hall–Kier alpha value is -3.13. The van der Waals surface area contributed by atoms with Gasteiger partial charge in [-0.05, 0) is 23.8 Å². The molecule has 0 aliphatic carbocycles. The second-order valence-corrected chi connectivity index (χ2v) is 4.80. The highest BCUT2D eigenvalue weighted by atomic mass is 16.5. The average molecular weight is 291 g/mol. The number of hydrogen-bond donors (Lipinski definition) is 0. The molecule has 0 N–H and O–H groups in total. The third kappa shape index (κ3) is 2.31. The minimum Gasteiger partial charge on any atom is -0.465 e. The zero-order chi connectivity index (χ0) is 15.5. The Morgan fingerprint density at radius 2 is 2.09 bits per heavy atom. The topological polar surface area (TPSA) is 67.9 Å². The molecule has 3 aromatic rings. The second kappa shape index (κ2) is 5.70. The van der Waals surface area contributed by atoms with Crippen LogP contribution in [0.5, 0.6) is 0 Å². The van der Waals surface area contributed by atoms with Crippen LogP contribution >= 0.6 is 0 Å². The Morgan fingerprint density at radius 3 is 2.86 bits per heavy atom. The number of nitriles is 1. The summed E-state index contributed by atoms with van der Waals surface area (Å²) in [7, 11) is 1.36. The molecule has 5 heteroatoms. The van der Waals surface area contributed by atoms with E-state index < -0.39 is 0 Å². The minimum atomic E-state index is -0.387. The molecule has 0 saturated heterocycles. The third-order valence-corrected chi connectivity index (χ3v) is 3.55. The van der Waals surface area contributed by atoms with Crippen molar-refractivity contribution in [2.75, 3.05) is 7.11 Å². The van der Waals surface area contributed by atoms with E-state index in [-0.39, 0.29) is 5.97 Å². The fourth-order valence-corrected chi connectivity index (χ4v) is 2.45. The van der Waals surface area contributed by atoms with Crippen molar-refractivity contribution in [1.82, 2.24) is 9.78 Å². The maximum atomic E-state index is 11.8. The van der Waals surface area contributed by atoms with Crippen LogP contribution in [0.25, 0.3) is 10.9 Å². The molecule has 0 fully saturated rings. The number of ether oxygens (including phenoxy) is 1. The number of fused-ring (bicyclic) bond motifs is 1. The van der Waals surface area contributed by atoms with E-state index in [1.807, 2.05) is 24.3 Å². The molecule has 0 atom stereocenters. The fraction of sp³-hybridized carbons (Fsp3) is 0.118.